The lowest BCUT2D eigenvalue weighted by molar-refractivity contribution is 0.102. The Balaban J connectivity index is 2.55. The lowest BCUT2D eigenvalue weighted by Crippen LogP contribution is -2.09. The summed E-state index contributed by atoms with van der Waals surface area (Å²) in [6.07, 6.45) is 2.67. The third kappa shape index (κ3) is 2.07. The maximum absolute atomic E-state index is 13.5. The fourth-order valence-corrected chi connectivity index (χ4v) is 1.58. The van der Waals surface area contributed by atoms with Gasteiger partial charge in [0.1, 0.15) is 17.4 Å². The molecule has 0 unspecified atom stereocenters. The van der Waals surface area contributed by atoms with Gasteiger partial charge in [-0.05, 0) is 18.2 Å². The third-order valence-corrected chi connectivity index (χ3v) is 2.44. The molecule has 0 aliphatic heterocycles. The van der Waals surface area contributed by atoms with E-state index in [2.05, 4.69) is 4.98 Å². The first-order valence-electron chi connectivity index (χ1n) is 5.12. The van der Waals surface area contributed by atoms with Crippen molar-refractivity contribution in [2.75, 3.05) is 7.11 Å². The van der Waals surface area contributed by atoms with Crippen LogP contribution < -0.4 is 4.74 Å². The van der Waals surface area contributed by atoms with Gasteiger partial charge in [-0.25, -0.2) is 8.78 Å². The average Bonchev–Trinajstić information content (AvgIpc) is 2.38. The minimum atomic E-state index is -0.904. The highest BCUT2D eigenvalue weighted by atomic mass is 19.1. The molecule has 0 saturated carbocycles. The zero-order chi connectivity index (χ0) is 13.1. The van der Waals surface area contributed by atoms with E-state index < -0.39 is 23.0 Å². The zero-order valence-corrected chi connectivity index (χ0v) is 9.48. The SMILES string of the molecule is COc1cnccc1C(=O)c1c(F)cccc1F. The predicted octanol–water partition coefficient (Wildman–Crippen LogP) is 2.60. The van der Waals surface area contributed by atoms with E-state index in [-0.39, 0.29) is 11.3 Å². The summed E-state index contributed by atoms with van der Waals surface area (Å²) in [6.45, 7) is 0. The molecule has 0 radical (unpaired) electrons. The number of pyridine rings is 1. The van der Waals surface area contributed by atoms with Gasteiger partial charge in [0.15, 0.2) is 0 Å². The molecule has 0 amide bonds. The number of carbonyl (C=O) groups is 1. The topological polar surface area (TPSA) is 39.2 Å². The number of nitrogens with zero attached hydrogens (tertiary/aromatic N) is 1. The number of halogens is 2. The Bertz CT molecular complexity index is 579. The first kappa shape index (κ1) is 12.2. The molecule has 0 saturated heterocycles. The molecule has 0 aliphatic carbocycles. The second-order valence-electron chi connectivity index (χ2n) is 3.50. The third-order valence-electron chi connectivity index (χ3n) is 2.44. The van der Waals surface area contributed by atoms with Crippen molar-refractivity contribution in [1.82, 2.24) is 4.98 Å². The van der Waals surface area contributed by atoms with Crippen LogP contribution in [0.25, 0.3) is 0 Å². The van der Waals surface area contributed by atoms with E-state index >= 15 is 0 Å². The number of hydrogen-bond donors (Lipinski definition) is 0. The van der Waals surface area contributed by atoms with Crippen LogP contribution in [-0.2, 0) is 0 Å². The Labute approximate surface area is 102 Å². The van der Waals surface area contributed by atoms with Gasteiger partial charge in [-0.2, -0.15) is 0 Å². The molecule has 2 rings (SSSR count). The van der Waals surface area contributed by atoms with E-state index in [1.165, 1.54) is 31.6 Å². The summed E-state index contributed by atoms with van der Waals surface area (Å²) in [5, 5.41) is 0. The van der Waals surface area contributed by atoms with Crippen LogP contribution in [0.15, 0.2) is 36.7 Å². The van der Waals surface area contributed by atoms with Crippen LogP contribution >= 0.6 is 0 Å². The number of methoxy groups -OCH3 is 1. The second-order valence-corrected chi connectivity index (χ2v) is 3.50. The monoisotopic (exact) mass is 249 g/mol. The van der Waals surface area contributed by atoms with Crippen LogP contribution in [0.1, 0.15) is 15.9 Å². The van der Waals surface area contributed by atoms with Gasteiger partial charge in [-0.15, -0.1) is 0 Å². The van der Waals surface area contributed by atoms with E-state index in [4.69, 9.17) is 4.74 Å². The Morgan fingerprint density at radius 2 is 1.89 bits per heavy atom. The van der Waals surface area contributed by atoms with Crippen molar-refractivity contribution in [3.8, 4) is 5.75 Å². The normalized spacial score (nSPS) is 10.2. The van der Waals surface area contributed by atoms with Gasteiger partial charge in [-0.3, -0.25) is 9.78 Å². The highest BCUT2D eigenvalue weighted by Crippen LogP contribution is 2.23. The summed E-state index contributed by atoms with van der Waals surface area (Å²) in [6, 6.07) is 4.62. The fourth-order valence-electron chi connectivity index (χ4n) is 1.58. The van der Waals surface area contributed by atoms with Crippen LogP contribution in [0, 0.1) is 11.6 Å². The summed E-state index contributed by atoms with van der Waals surface area (Å²) >= 11 is 0. The molecule has 0 spiro atoms. The molecule has 92 valence electrons. The van der Waals surface area contributed by atoms with Gasteiger partial charge in [-0.1, -0.05) is 6.07 Å². The molecule has 18 heavy (non-hydrogen) atoms. The van der Waals surface area contributed by atoms with Gasteiger partial charge < -0.3 is 4.74 Å². The fraction of sp³-hybridized carbons (Fsp3) is 0.0769. The lowest BCUT2D eigenvalue weighted by atomic mass is 10.0. The highest BCUT2D eigenvalue weighted by Gasteiger charge is 2.21. The largest absolute Gasteiger partial charge is 0.494 e. The molecule has 0 atom stereocenters. The number of benzene rings is 1. The molecule has 1 aromatic carbocycles. The first-order chi connectivity index (χ1) is 8.65. The molecular weight excluding hydrogens is 240 g/mol. The van der Waals surface area contributed by atoms with Crippen molar-refractivity contribution in [3.63, 3.8) is 0 Å². The minimum absolute atomic E-state index is 0.0662. The molecule has 1 aromatic heterocycles. The number of aromatic nitrogens is 1. The molecule has 1 heterocycles. The summed E-state index contributed by atoms with van der Waals surface area (Å²) in [7, 11) is 1.35. The van der Waals surface area contributed by atoms with E-state index in [0.29, 0.717) is 0 Å². The van der Waals surface area contributed by atoms with Gasteiger partial charge in [0.05, 0.1) is 24.4 Å². The molecule has 0 N–H and O–H groups in total. The number of ketones is 1. The van der Waals surface area contributed by atoms with Gasteiger partial charge in [0, 0.05) is 6.20 Å². The Morgan fingerprint density at radius 1 is 1.22 bits per heavy atom. The predicted molar refractivity (Wildman–Crippen MR) is 60.6 cm³/mol. The van der Waals surface area contributed by atoms with Crippen LogP contribution in [-0.4, -0.2) is 17.9 Å². The van der Waals surface area contributed by atoms with Gasteiger partial charge in [0.25, 0.3) is 0 Å². The number of rotatable bonds is 3. The van der Waals surface area contributed by atoms with E-state index in [1.54, 1.807) is 0 Å². The smallest absolute Gasteiger partial charge is 0.202 e. The van der Waals surface area contributed by atoms with Crippen LogP contribution in [0.4, 0.5) is 8.78 Å². The van der Waals surface area contributed by atoms with E-state index in [9.17, 15) is 13.6 Å². The van der Waals surface area contributed by atoms with Crippen molar-refractivity contribution in [2.45, 2.75) is 0 Å². The Kier molecular flexibility index (Phi) is 3.32. The molecule has 3 nitrogen and oxygen atoms in total. The van der Waals surface area contributed by atoms with Gasteiger partial charge >= 0.3 is 0 Å². The molecule has 0 aliphatic rings. The van der Waals surface area contributed by atoms with E-state index in [0.717, 1.165) is 12.1 Å². The van der Waals surface area contributed by atoms with Crippen molar-refractivity contribution in [2.24, 2.45) is 0 Å². The zero-order valence-electron chi connectivity index (χ0n) is 9.48. The number of carbonyl (C=O) groups excluding carboxylic acids is 1. The molecule has 0 fully saturated rings. The van der Waals surface area contributed by atoms with Crippen LogP contribution in [0.2, 0.25) is 0 Å². The van der Waals surface area contributed by atoms with Crippen molar-refractivity contribution < 1.29 is 18.3 Å². The molecular formula is C13H9F2NO2. The lowest BCUT2D eigenvalue weighted by Gasteiger charge is -2.07. The highest BCUT2D eigenvalue weighted by molar-refractivity contribution is 6.10. The summed E-state index contributed by atoms with van der Waals surface area (Å²) in [5.74, 6) is -2.41. The summed E-state index contributed by atoms with van der Waals surface area (Å²) < 4.78 is 31.9. The van der Waals surface area contributed by atoms with E-state index in [1.807, 2.05) is 0 Å². The van der Waals surface area contributed by atoms with Crippen LogP contribution in [0.3, 0.4) is 0 Å². The Hall–Kier alpha value is -2.30. The van der Waals surface area contributed by atoms with Crippen LogP contribution in [0.5, 0.6) is 5.75 Å². The number of ether oxygens (including phenoxy) is 1. The van der Waals surface area contributed by atoms with Gasteiger partial charge in [0.2, 0.25) is 5.78 Å². The second kappa shape index (κ2) is 4.91. The first-order valence-corrected chi connectivity index (χ1v) is 5.12. The quantitative estimate of drug-likeness (QED) is 0.785. The molecule has 0 bridgehead atoms. The number of hydrogen-bond acceptors (Lipinski definition) is 3. The standard InChI is InChI=1S/C13H9F2NO2/c1-18-11-7-16-6-5-8(11)13(17)12-9(14)3-2-4-10(12)15/h2-7H,1H3. The minimum Gasteiger partial charge on any atom is -0.494 e. The average molecular weight is 249 g/mol. The molecule has 2 aromatic rings. The summed E-state index contributed by atoms with van der Waals surface area (Å²) in [5.41, 5.74) is -0.529. The van der Waals surface area contributed by atoms with Crippen molar-refractivity contribution in [3.05, 3.63) is 59.4 Å². The Morgan fingerprint density at radius 3 is 2.50 bits per heavy atom. The van der Waals surface area contributed by atoms with Crippen molar-refractivity contribution >= 4 is 5.78 Å². The summed E-state index contributed by atoms with van der Waals surface area (Å²) in [4.78, 5) is 15.9. The maximum atomic E-state index is 13.5. The molecule has 5 heteroatoms. The van der Waals surface area contributed by atoms with Crippen molar-refractivity contribution in [1.29, 1.82) is 0 Å². The maximum Gasteiger partial charge on any atom is 0.202 e.